The van der Waals surface area contributed by atoms with Crippen LogP contribution in [0.5, 0.6) is 17.2 Å². The molecule has 0 aliphatic heterocycles. The van der Waals surface area contributed by atoms with Gasteiger partial charge in [0.2, 0.25) is 5.75 Å². The van der Waals surface area contributed by atoms with Gasteiger partial charge < -0.3 is 30.0 Å². The zero-order valence-electron chi connectivity index (χ0n) is 16.6. The van der Waals surface area contributed by atoms with Crippen molar-refractivity contribution in [2.75, 3.05) is 34.4 Å². The zero-order chi connectivity index (χ0) is 19.0. The van der Waals surface area contributed by atoms with Crippen molar-refractivity contribution in [2.24, 2.45) is 4.99 Å². The van der Waals surface area contributed by atoms with E-state index in [0.29, 0.717) is 36.3 Å². The number of guanidine groups is 1. The van der Waals surface area contributed by atoms with Crippen LogP contribution in [0, 0.1) is 0 Å². The molecule has 0 saturated heterocycles. The molecule has 154 valence electrons. The average molecular weight is 493 g/mol. The van der Waals surface area contributed by atoms with Gasteiger partial charge in [-0.3, -0.25) is 0 Å². The first-order chi connectivity index (χ1) is 12.5. The third kappa shape index (κ3) is 6.60. The maximum absolute atomic E-state index is 10.5. The lowest BCUT2D eigenvalue weighted by molar-refractivity contribution is 0.0522. The summed E-state index contributed by atoms with van der Waals surface area (Å²) in [4.78, 5) is 4.61. The first-order valence-corrected chi connectivity index (χ1v) is 9.08. The van der Waals surface area contributed by atoms with E-state index in [1.807, 2.05) is 19.1 Å². The van der Waals surface area contributed by atoms with Crippen LogP contribution in [0.2, 0.25) is 0 Å². The van der Waals surface area contributed by atoms with Crippen LogP contribution in [0.1, 0.15) is 38.2 Å². The Labute approximate surface area is 178 Å². The molecule has 1 fully saturated rings. The Balaban J connectivity index is 0.00000364. The van der Waals surface area contributed by atoms with Crippen molar-refractivity contribution in [3.63, 3.8) is 0 Å². The van der Waals surface area contributed by atoms with Crippen LogP contribution in [0.15, 0.2) is 17.1 Å². The van der Waals surface area contributed by atoms with E-state index in [4.69, 9.17) is 14.2 Å². The Morgan fingerprint density at radius 1 is 1.07 bits per heavy atom. The van der Waals surface area contributed by atoms with Crippen molar-refractivity contribution in [3.8, 4) is 17.2 Å². The summed E-state index contributed by atoms with van der Waals surface area (Å²) in [5.74, 6) is 2.46. The number of halogens is 1. The highest BCUT2D eigenvalue weighted by Crippen LogP contribution is 2.38. The molecule has 1 aromatic carbocycles. The van der Waals surface area contributed by atoms with E-state index in [2.05, 4.69) is 15.6 Å². The number of nitrogens with zero attached hydrogens (tertiary/aromatic N) is 1. The molecule has 0 unspecified atom stereocenters. The Bertz CT molecular complexity index is 594. The molecule has 0 spiro atoms. The van der Waals surface area contributed by atoms with E-state index in [1.165, 1.54) is 0 Å². The van der Waals surface area contributed by atoms with Gasteiger partial charge in [-0.25, -0.2) is 4.99 Å². The number of aliphatic imine (C=N–C) groups is 1. The molecule has 1 saturated carbocycles. The van der Waals surface area contributed by atoms with Crippen LogP contribution < -0.4 is 24.8 Å². The van der Waals surface area contributed by atoms with E-state index >= 15 is 0 Å². The Hall–Kier alpha value is -1.42. The third-order valence-corrected chi connectivity index (χ3v) is 4.61. The molecule has 0 amide bonds. The van der Waals surface area contributed by atoms with Crippen molar-refractivity contribution in [1.29, 1.82) is 0 Å². The number of rotatable bonds is 8. The van der Waals surface area contributed by atoms with E-state index in [1.54, 1.807) is 21.3 Å². The summed E-state index contributed by atoms with van der Waals surface area (Å²) in [6.07, 6.45) is 3.84. The molecule has 1 aliphatic rings. The van der Waals surface area contributed by atoms with E-state index in [9.17, 15) is 5.11 Å². The largest absolute Gasteiger partial charge is 0.493 e. The highest BCUT2D eigenvalue weighted by atomic mass is 127. The van der Waals surface area contributed by atoms with E-state index < -0.39 is 5.60 Å². The maximum Gasteiger partial charge on any atom is 0.203 e. The monoisotopic (exact) mass is 493 g/mol. The molecule has 27 heavy (non-hydrogen) atoms. The fourth-order valence-corrected chi connectivity index (χ4v) is 3.20. The lowest BCUT2D eigenvalue weighted by atomic mass is 10.0. The number of benzene rings is 1. The Morgan fingerprint density at radius 3 is 2.15 bits per heavy atom. The van der Waals surface area contributed by atoms with Crippen LogP contribution in [0.3, 0.4) is 0 Å². The average Bonchev–Trinajstić information content (AvgIpc) is 3.09. The first-order valence-electron chi connectivity index (χ1n) is 9.08. The van der Waals surface area contributed by atoms with Gasteiger partial charge in [0.15, 0.2) is 17.5 Å². The lowest BCUT2D eigenvalue weighted by Gasteiger charge is -2.23. The predicted octanol–water partition coefficient (Wildman–Crippen LogP) is 2.69. The van der Waals surface area contributed by atoms with Crippen molar-refractivity contribution in [1.82, 2.24) is 10.6 Å². The number of hydrogen-bond donors (Lipinski definition) is 3. The van der Waals surface area contributed by atoms with Crippen LogP contribution >= 0.6 is 24.0 Å². The zero-order valence-corrected chi connectivity index (χ0v) is 19.0. The van der Waals surface area contributed by atoms with Crippen molar-refractivity contribution in [2.45, 2.75) is 44.8 Å². The van der Waals surface area contributed by atoms with Gasteiger partial charge in [0, 0.05) is 13.1 Å². The molecule has 1 aliphatic carbocycles. The summed E-state index contributed by atoms with van der Waals surface area (Å²) >= 11 is 0. The fraction of sp³-hybridized carbons (Fsp3) is 0.632. The van der Waals surface area contributed by atoms with Gasteiger partial charge in [-0.15, -0.1) is 24.0 Å². The topological polar surface area (TPSA) is 84.3 Å². The molecule has 7 nitrogen and oxygen atoms in total. The quantitative estimate of drug-likeness (QED) is 0.294. The number of ether oxygens (including phenoxy) is 3. The molecule has 1 aromatic rings. The van der Waals surface area contributed by atoms with Gasteiger partial charge in [0.1, 0.15) is 0 Å². The number of hydrogen-bond acceptors (Lipinski definition) is 5. The minimum absolute atomic E-state index is 0. The molecule has 0 aromatic heterocycles. The SMILES string of the molecule is CCNC(=NCc1cc(OC)c(OC)c(OC)c1)NCC1(O)CCCC1.I. The smallest absolute Gasteiger partial charge is 0.203 e. The Morgan fingerprint density at radius 2 is 1.67 bits per heavy atom. The van der Waals surface area contributed by atoms with E-state index in [0.717, 1.165) is 37.8 Å². The Kier molecular flexibility index (Phi) is 10.00. The minimum atomic E-state index is -0.622. The van der Waals surface area contributed by atoms with E-state index in [-0.39, 0.29) is 24.0 Å². The van der Waals surface area contributed by atoms with Gasteiger partial charge in [-0.1, -0.05) is 12.8 Å². The van der Waals surface area contributed by atoms with Crippen molar-refractivity contribution >= 4 is 29.9 Å². The molecule has 0 heterocycles. The summed E-state index contributed by atoms with van der Waals surface area (Å²) in [6, 6.07) is 3.78. The molecular weight excluding hydrogens is 461 g/mol. The summed E-state index contributed by atoms with van der Waals surface area (Å²) in [5, 5.41) is 17.0. The molecule has 0 bridgehead atoms. The highest BCUT2D eigenvalue weighted by Gasteiger charge is 2.30. The summed E-state index contributed by atoms with van der Waals surface area (Å²) in [7, 11) is 4.77. The maximum atomic E-state index is 10.5. The van der Waals surface area contributed by atoms with Gasteiger partial charge in [-0.05, 0) is 37.5 Å². The molecular formula is C19H32IN3O4. The summed E-state index contributed by atoms with van der Waals surface area (Å²) in [6.45, 7) is 3.72. The summed E-state index contributed by atoms with van der Waals surface area (Å²) in [5.41, 5.74) is 0.319. The number of methoxy groups -OCH3 is 3. The van der Waals surface area contributed by atoms with Crippen LogP contribution in [0.25, 0.3) is 0 Å². The van der Waals surface area contributed by atoms with Gasteiger partial charge in [0.25, 0.3) is 0 Å². The van der Waals surface area contributed by atoms with Gasteiger partial charge in [-0.2, -0.15) is 0 Å². The predicted molar refractivity (Wildman–Crippen MR) is 118 cm³/mol. The second-order valence-electron chi connectivity index (χ2n) is 6.51. The molecule has 0 radical (unpaired) electrons. The van der Waals surface area contributed by atoms with Crippen LogP contribution in [0.4, 0.5) is 0 Å². The standard InChI is InChI=1S/C19H31N3O4.HI/c1-5-20-18(22-13-19(23)8-6-7-9-19)21-12-14-10-15(24-2)17(26-4)16(11-14)25-3;/h10-11,23H,5-9,12-13H2,1-4H3,(H2,20,21,22);1H. The molecule has 8 heteroatoms. The number of nitrogens with one attached hydrogen (secondary N) is 2. The summed E-state index contributed by atoms with van der Waals surface area (Å²) < 4.78 is 16.1. The second kappa shape index (κ2) is 11.4. The lowest BCUT2D eigenvalue weighted by Crippen LogP contribution is -2.46. The second-order valence-corrected chi connectivity index (χ2v) is 6.51. The minimum Gasteiger partial charge on any atom is -0.493 e. The van der Waals surface area contributed by atoms with Crippen molar-refractivity contribution < 1.29 is 19.3 Å². The molecule has 0 atom stereocenters. The van der Waals surface area contributed by atoms with Gasteiger partial charge in [0.05, 0.1) is 33.5 Å². The third-order valence-electron chi connectivity index (χ3n) is 4.61. The normalized spacial score (nSPS) is 15.7. The molecule has 3 N–H and O–H groups in total. The van der Waals surface area contributed by atoms with Crippen LogP contribution in [-0.4, -0.2) is 51.1 Å². The van der Waals surface area contributed by atoms with Crippen LogP contribution in [-0.2, 0) is 6.54 Å². The fourth-order valence-electron chi connectivity index (χ4n) is 3.20. The molecule has 2 rings (SSSR count). The van der Waals surface area contributed by atoms with Gasteiger partial charge >= 0.3 is 0 Å². The highest BCUT2D eigenvalue weighted by molar-refractivity contribution is 14.0. The van der Waals surface area contributed by atoms with Crippen molar-refractivity contribution in [3.05, 3.63) is 17.7 Å². The number of aliphatic hydroxyl groups is 1. The first kappa shape index (κ1) is 23.6.